The van der Waals surface area contributed by atoms with Crippen molar-refractivity contribution in [1.29, 1.82) is 5.26 Å². The fourth-order valence-corrected chi connectivity index (χ4v) is 4.47. The average Bonchev–Trinajstić information content (AvgIpc) is 2.78. The molecule has 0 aromatic heterocycles. The summed E-state index contributed by atoms with van der Waals surface area (Å²) in [6.07, 6.45) is -8.30. The zero-order valence-corrected chi connectivity index (χ0v) is 18.1. The zero-order valence-electron chi connectivity index (χ0n) is 18.1. The van der Waals surface area contributed by atoms with Gasteiger partial charge in [0, 0.05) is 11.0 Å². The smallest absolute Gasteiger partial charge is 0.373 e. The highest BCUT2D eigenvalue weighted by Crippen LogP contribution is 2.44. The predicted octanol–water partition coefficient (Wildman–Crippen LogP) is 6.12. The van der Waals surface area contributed by atoms with Gasteiger partial charge in [-0.3, -0.25) is 0 Å². The van der Waals surface area contributed by atoms with Crippen molar-refractivity contribution in [3.05, 3.63) is 59.2 Å². The Kier molecular flexibility index (Phi) is 7.02. The van der Waals surface area contributed by atoms with E-state index in [1.54, 1.807) is 0 Å². The van der Waals surface area contributed by atoms with Crippen LogP contribution >= 0.6 is 0 Å². The van der Waals surface area contributed by atoms with Crippen LogP contribution in [0.25, 0.3) is 0 Å². The Morgan fingerprint density at radius 2 is 1.70 bits per heavy atom. The van der Waals surface area contributed by atoms with E-state index in [0.717, 1.165) is 17.7 Å². The number of halogens is 6. The maximum absolute atomic E-state index is 13.3. The third-order valence-corrected chi connectivity index (χ3v) is 6.75. The largest absolute Gasteiger partial charge is 0.412 e. The van der Waals surface area contributed by atoms with E-state index in [4.69, 9.17) is 10.5 Å². The van der Waals surface area contributed by atoms with Crippen molar-refractivity contribution in [3.63, 3.8) is 0 Å². The van der Waals surface area contributed by atoms with Crippen molar-refractivity contribution in [1.82, 2.24) is 0 Å². The molecule has 2 aliphatic rings. The third kappa shape index (κ3) is 5.79. The molecule has 1 saturated carbocycles. The number of nitriles is 1. The number of alkyl halides is 6. The summed E-state index contributed by atoms with van der Waals surface area (Å²) in [5.74, 6) is -2.22. The highest BCUT2D eigenvalue weighted by Gasteiger charge is 2.46. The molecule has 1 aromatic carbocycles. The van der Waals surface area contributed by atoms with Gasteiger partial charge >= 0.3 is 12.4 Å². The molecular weight excluding hydrogens is 446 g/mol. The number of nitrogens with zero attached hydrogens (tertiary/aromatic N) is 1. The first kappa shape index (κ1) is 25.3. The molecule has 2 atom stereocenters. The summed E-state index contributed by atoms with van der Waals surface area (Å²) in [6.45, 7) is 1.54. The van der Waals surface area contributed by atoms with Crippen LogP contribution in [0.3, 0.4) is 0 Å². The molecule has 9 heteroatoms. The van der Waals surface area contributed by atoms with Crippen molar-refractivity contribution >= 4 is 0 Å². The molecule has 33 heavy (non-hydrogen) atoms. The van der Waals surface area contributed by atoms with Crippen LogP contribution < -0.4 is 5.73 Å². The Morgan fingerprint density at radius 1 is 1.09 bits per heavy atom. The number of rotatable bonds is 5. The molecule has 0 radical (unpaired) electrons. The van der Waals surface area contributed by atoms with Gasteiger partial charge in [-0.15, -0.1) is 0 Å². The number of benzene rings is 1. The summed E-state index contributed by atoms with van der Waals surface area (Å²) in [4.78, 5) is 0. The first-order valence-electron chi connectivity index (χ1n) is 10.7. The topological polar surface area (TPSA) is 59.0 Å². The number of hydrogen-bond donors (Lipinski definition) is 1. The number of ether oxygens (including phenoxy) is 1. The molecule has 0 amide bonds. The Bertz CT molecular complexity index is 934. The fourth-order valence-electron chi connectivity index (χ4n) is 4.47. The van der Waals surface area contributed by atoms with Crippen molar-refractivity contribution in [2.75, 3.05) is 6.61 Å². The minimum atomic E-state index is -4.85. The van der Waals surface area contributed by atoms with Crippen LogP contribution in [0.1, 0.15) is 44.6 Å². The molecule has 0 spiro atoms. The van der Waals surface area contributed by atoms with E-state index in [0.29, 0.717) is 25.7 Å². The van der Waals surface area contributed by atoms with E-state index in [1.165, 1.54) is 6.92 Å². The molecular formula is C24H26F6N2O. The summed E-state index contributed by atoms with van der Waals surface area (Å²) in [6, 6.07) is 11.5. The lowest BCUT2D eigenvalue weighted by Crippen LogP contribution is -2.48. The summed E-state index contributed by atoms with van der Waals surface area (Å²) >= 11 is 0. The van der Waals surface area contributed by atoms with E-state index in [2.05, 4.69) is 6.07 Å². The van der Waals surface area contributed by atoms with Crippen LogP contribution in [0.4, 0.5) is 26.3 Å². The first-order chi connectivity index (χ1) is 15.3. The van der Waals surface area contributed by atoms with Gasteiger partial charge in [0.1, 0.15) is 5.54 Å². The van der Waals surface area contributed by atoms with Crippen molar-refractivity contribution < 1.29 is 31.1 Å². The van der Waals surface area contributed by atoms with Gasteiger partial charge in [-0.05, 0) is 56.2 Å². The zero-order chi connectivity index (χ0) is 24.5. The van der Waals surface area contributed by atoms with Gasteiger partial charge in [-0.1, -0.05) is 36.4 Å². The standard InChI is InChI=1S/C24H26F6N2O/c1-16(17-11-19(23(25,26)27)13-20(12-17)24(28,29)30)33-15-21(18-5-3-2-4-6-18)7-9-22(32,14-31)10-8-21/h2-6,11-12,16,19H,7-10,13,15,32H2,1H3/t16-,19?,21-,22+/m1/s1. The molecule has 3 rings (SSSR count). The van der Waals surface area contributed by atoms with Crippen LogP contribution in [0, 0.1) is 17.2 Å². The van der Waals surface area contributed by atoms with E-state index in [1.807, 2.05) is 30.3 Å². The summed E-state index contributed by atoms with van der Waals surface area (Å²) in [7, 11) is 0. The van der Waals surface area contributed by atoms with Crippen molar-refractivity contribution in [3.8, 4) is 6.07 Å². The second-order valence-corrected chi connectivity index (χ2v) is 9.05. The average molecular weight is 472 g/mol. The summed E-state index contributed by atoms with van der Waals surface area (Å²) in [5.41, 5.74) is 4.20. The van der Waals surface area contributed by atoms with Crippen molar-refractivity contribution in [2.45, 2.75) is 68.4 Å². The van der Waals surface area contributed by atoms with E-state index >= 15 is 0 Å². The summed E-state index contributed by atoms with van der Waals surface area (Å²) < 4.78 is 85.6. The highest BCUT2D eigenvalue weighted by molar-refractivity contribution is 5.35. The summed E-state index contributed by atoms with van der Waals surface area (Å²) in [5, 5.41) is 9.36. The highest BCUT2D eigenvalue weighted by atomic mass is 19.4. The fraction of sp³-hybridized carbons (Fsp3) is 0.542. The number of nitrogens with two attached hydrogens (primary N) is 1. The van der Waals surface area contributed by atoms with Gasteiger partial charge in [-0.2, -0.15) is 31.6 Å². The lowest BCUT2D eigenvalue weighted by molar-refractivity contribution is -0.166. The molecule has 2 N–H and O–H groups in total. The van der Waals surface area contributed by atoms with Gasteiger partial charge in [0.25, 0.3) is 0 Å². The van der Waals surface area contributed by atoms with E-state index in [-0.39, 0.29) is 12.2 Å². The second kappa shape index (κ2) is 9.15. The van der Waals surface area contributed by atoms with Crippen molar-refractivity contribution in [2.24, 2.45) is 11.7 Å². The molecule has 1 aromatic rings. The Balaban J connectivity index is 1.84. The molecule has 0 saturated heterocycles. The SMILES string of the molecule is C[C@@H](OC[C@]1(c2ccccc2)CC[C@](N)(C#N)CC1)C1=CC(C(F)(F)F)CC(C(F)(F)F)=C1. The van der Waals surface area contributed by atoms with Gasteiger partial charge in [0.2, 0.25) is 0 Å². The van der Waals surface area contributed by atoms with E-state index < -0.39 is 47.3 Å². The van der Waals surface area contributed by atoms with Crippen LogP contribution in [0.5, 0.6) is 0 Å². The molecule has 0 bridgehead atoms. The second-order valence-electron chi connectivity index (χ2n) is 9.05. The van der Waals surface area contributed by atoms with Gasteiger partial charge < -0.3 is 10.5 Å². The minimum absolute atomic E-state index is 0.0862. The lowest BCUT2D eigenvalue weighted by atomic mass is 9.65. The molecule has 3 nitrogen and oxygen atoms in total. The molecule has 180 valence electrons. The van der Waals surface area contributed by atoms with Gasteiger partial charge in [-0.25, -0.2) is 0 Å². The number of hydrogen-bond acceptors (Lipinski definition) is 3. The Morgan fingerprint density at radius 3 is 2.21 bits per heavy atom. The van der Waals surface area contributed by atoms with Crippen LogP contribution in [0.15, 0.2) is 53.6 Å². The quantitative estimate of drug-likeness (QED) is 0.525. The lowest BCUT2D eigenvalue weighted by Gasteiger charge is -2.43. The van der Waals surface area contributed by atoms with E-state index in [9.17, 15) is 31.6 Å². The van der Waals surface area contributed by atoms with Crippen LogP contribution in [-0.2, 0) is 10.2 Å². The predicted molar refractivity (Wildman–Crippen MR) is 111 cm³/mol. The Hall–Kier alpha value is -2.31. The Labute approximate surface area is 188 Å². The maximum Gasteiger partial charge on any atom is 0.412 e. The first-order valence-corrected chi connectivity index (χ1v) is 10.7. The normalized spacial score (nSPS) is 29.6. The van der Waals surface area contributed by atoms with Crippen LogP contribution in [0.2, 0.25) is 0 Å². The third-order valence-electron chi connectivity index (χ3n) is 6.75. The van der Waals surface area contributed by atoms with Gasteiger partial charge in [0.05, 0.1) is 24.7 Å². The van der Waals surface area contributed by atoms with Crippen LogP contribution in [-0.4, -0.2) is 30.6 Å². The molecule has 2 aliphatic carbocycles. The minimum Gasteiger partial charge on any atom is -0.373 e. The molecule has 1 fully saturated rings. The molecule has 0 aliphatic heterocycles. The molecule has 0 heterocycles. The molecule has 1 unspecified atom stereocenters. The monoisotopic (exact) mass is 472 g/mol. The maximum atomic E-state index is 13.3. The number of allylic oxidation sites excluding steroid dienone is 2. The van der Waals surface area contributed by atoms with Gasteiger partial charge in [0.15, 0.2) is 0 Å².